The summed E-state index contributed by atoms with van der Waals surface area (Å²) in [5, 5.41) is 3.27. The van der Waals surface area contributed by atoms with Crippen molar-refractivity contribution in [3.05, 3.63) is 0 Å². The van der Waals surface area contributed by atoms with Gasteiger partial charge in [-0.05, 0) is 20.8 Å². The van der Waals surface area contributed by atoms with Crippen molar-refractivity contribution in [1.29, 1.82) is 0 Å². The summed E-state index contributed by atoms with van der Waals surface area (Å²) in [4.78, 5) is 11.3. The molecule has 0 spiro atoms. The van der Waals surface area contributed by atoms with E-state index >= 15 is 0 Å². The van der Waals surface area contributed by atoms with Gasteiger partial charge in [-0.15, -0.1) is 0 Å². The van der Waals surface area contributed by atoms with Gasteiger partial charge in [-0.3, -0.25) is 4.79 Å². The molecule has 0 fully saturated rings. The number of hydrogen-bond acceptors (Lipinski definition) is 4. The van der Waals surface area contributed by atoms with Crippen LogP contribution in [0.3, 0.4) is 0 Å². The lowest BCUT2D eigenvalue weighted by atomic mass is 10.1. The average Bonchev–Trinajstić information content (AvgIpc) is 2.14. The highest BCUT2D eigenvalue weighted by molar-refractivity contribution is 5.72. The van der Waals surface area contributed by atoms with Gasteiger partial charge in [-0.1, -0.05) is 6.92 Å². The maximum Gasteiger partial charge on any atom is 0.309 e. The van der Waals surface area contributed by atoms with E-state index < -0.39 is 0 Å². The first kappa shape index (κ1) is 14.4. The van der Waals surface area contributed by atoms with Gasteiger partial charge in [0.2, 0.25) is 0 Å². The molecule has 0 radical (unpaired) electrons. The average molecular weight is 217 g/mol. The van der Waals surface area contributed by atoms with E-state index in [1.807, 2.05) is 27.7 Å². The molecule has 1 unspecified atom stereocenters. The molecule has 15 heavy (non-hydrogen) atoms. The maximum absolute atomic E-state index is 11.3. The Morgan fingerprint density at radius 3 is 2.53 bits per heavy atom. The molecule has 0 amide bonds. The van der Waals surface area contributed by atoms with Crippen LogP contribution in [0.4, 0.5) is 0 Å². The first-order valence-corrected chi connectivity index (χ1v) is 5.33. The summed E-state index contributed by atoms with van der Waals surface area (Å²) in [6.45, 7) is 9.39. The highest BCUT2D eigenvalue weighted by atomic mass is 16.5. The predicted octanol–water partition coefficient (Wildman–Crippen LogP) is 1.20. The Bertz CT molecular complexity index is 192. The Morgan fingerprint density at radius 2 is 2.07 bits per heavy atom. The zero-order valence-corrected chi connectivity index (χ0v) is 10.4. The second-order valence-electron chi connectivity index (χ2n) is 4.35. The third-order valence-electron chi connectivity index (χ3n) is 2.08. The van der Waals surface area contributed by atoms with Gasteiger partial charge < -0.3 is 14.8 Å². The van der Waals surface area contributed by atoms with Crippen LogP contribution in [0.15, 0.2) is 0 Å². The number of carbonyl (C=O) groups excluding carboxylic acids is 1. The minimum atomic E-state index is -0.154. The Kier molecular flexibility index (Phi) is 6.52. The molecule has 0 aromatic rings. The molecule has 0 aromatic carbocycles. The summed E-state index contributed by atoms with van der Waals surface area (Å²) in [6, 6.07) is 0. The van der Waals surface area contributed by atoms with Crippen molar-refractivity contribution in [3.63, 3.8) is 0 Å². The van der Waals surface area contributed by atoms with Gasteiger partial charge in [0, 0.05) is 19.2 Å². The first-order valence-electron chi connectivity index (χ1n) is 5.33. The van der Waals surface area contributed by atoms with E-state index in [4.69, 9.17) is 9.47 Å². The van der Waals surface area contributed by atoms with Crippen LogP contribution in [-0.2, 0) is 14.3 Å². The molecule has 90 valence electrons. The van der Waals surface area contributed by atoms with Crippen LogP contribution in [0.1, 0.15) is 27.7 Å². The number of ether oxygens (including phenoxy) is 2. The standard InChI is InChI=1S/C11H23NO3/c1-6-15-10(13)9(2)7-12-11(3,4)8-14-5/h9,12H,6-8H2,1-5H3. The molecule has 0 aliphatic rings. The SMILES string of the molecule is CCOC(=O)C(C)CNC(C)(C)COC. The highest BCUT2D eigenvalue weighted by Gasteiger charge is 2.20. The molecular formula is C11H23NO3. The molecule has 0 saturated heterocycles. The van der Waals surface area contributed by atoms with Crippen LogP contribution >= 0.6 is 0 Å². The normalized spacial score (nSPS) is 13.7. The van der Waals surface area contributed by atoms with Crippen LogP contribution in [0.2, 0.25) is 0 Å². The molecule has 4 heteroatoms. The maximum atomic E-state index is 11.3. The van der Waals surface area contributed by atoms with E-state index in [0.29, 0.717) is 19.8 Å². The molecule has 4 nitrogen and oxygen atoms in total. The molecule has 0 heterocycles. The summed E-state index contributed by atoms with van der Waals surface area (Å²) in [7, 11) is 1.66. The zero-order chi connectivity index (χ0) is 11.9. The van der Waals surface area contributed by atoms with E-state index in [-0.39, 0.29) is 17.4 Å². The van der Waals surface area contributed by atoms with Crippen molar-refractivity contribution >= 4 is 5.97 Å². The van der Waals surface area contributed by atoms with E-state index in [0.717, 1.165) is 0 Å². The molecule has 0 aliphatic heterocycles. The van der Waals surface area contributed by atoms with Gasteiger partial charge >= 0.3 is 5.97 Å². The van der Waals surface area contributed by atoms with Crippen molar-refractivity contribution in [1.82, 2.24) is 5.32 Å². The van der Waals surface area contributed by atoms with Gasteiger partial charge in [0.25, 0.3) is 0 Å². The fourth-order valence-corrected chi connectivity index (χ4v) is 1.21. The van der Waals surface area contributed by atoms with Crippen LogP contribution in [0, 0.1) is 5.92 Å². The lowest BCUT2D eigenvalue weighted by molar-refractivity contribution is -0.147. The third-order valence-corrected chi connectivity index (χ3v) is 2.08. The van der Waals surface area contributed by atoms with Gasteiger partial charge in [-0.2, -0.15) is 0 Å². The lowest BCUT2D eigenvalue weighted by Crippen LogP contribution is -2.46. The van der Waals surface area contributed by atoms with Crippen molar-refractivity contribution in [3.8, 4) is 0 Å². The number of nitrogens with one attached hydrogen (secondary N) is 1. The van der Waals surface area contributed by atoms with Crippen molar-refractivity contribution < 1.29 is 14.3 Å². The second kappa shape index (κ2) is 6.80. The smallest absolute Gasteiger partial charge is 0.309 e. The number of rotatable bonds is 7. The van der Waals surface area contributed by atoms with E-state index in [1.165, 1.54) is 0 Å². The molecule has 0 saturated carbocycles. The molecule has 0 bridgehead atoms. The van der Waals surface area contributed by atoms with Crippen molar-refractivity contribution in [2.75, 3.05) is 26.9 Å². The van der Waals surface area contributed by atoms with E-state index in [9.17, 15) is 4.79 Å². The quantitative estimate of drug-likeness (QED) is 0.651. The summed E-state index contributed by atoms with van der Waals surface area (Å²) >= 11 is 0. The van der Waals surface area contributed by atoms with Gasteiger partial charge in [0.15, 0.2) is 0 Å². The minimum absolute atomic E-state index is 0.116. The highest BCUT2D eigenvalue weighted by Crippen LogP contribution is 2.04. The van der Waals surface area contributed by atoms with Gasteiger partial charge in [0.1, 0.15) is 0 Å². The Hall–Kier alpha value is -0.610. The van der Waals surface area contributed by atoms with Crippen molar-refractivity contribution in [2.45, 2.75) is 33.2 Å². The first-order chi connectivity index (χ1) is 6.93. The summed E-state index contributed by atoms with van der Waals surface area (Å²) in [5.41, 5.74) is -0.116. The molecule has 0 aromatic heterocycles. The minimum Gasteiger partial charge on any atom is -0.466 e. The predicted molar refractivity (Wildman–Crippen MR) is 59.8 cm³/mol. The second-order valence-corrected chi connectivity index (χ2v) is 4.35. The molecular weight excluding hydrogens is 194 g/mol. The largest absolute Gasteiger partial charge is 0.466 e. The van der Waals surface area contributed by atoms with E-state index in [2.05, 4.69) is 5.32 Å². The Balaban J connectivity index is 3.88. The topological polar surface area (TPSA) is 47.6 Å². The fraction of sp³-hybridized carbons (Fsp3) is 0.909. The molecule has 1 N–H and O–H groups in total. The van der Waals surface area contributed by atoms with Gasteiger partial charge in [-0.25, -0.2) is 0 Å². The number of methoxy groups -OCH3 is 1. The summed E-state index contributed by atoms with van der Waals surface area (Å²) < 4.78 is 9.99. The Morgan fingerprint density at radius 1 is 1.47 bits per heavy atom. The summed E-state index contributed by atoms with van der Waals surface area (Å²) in [5.74, 6) is -0.278. The number of carbonyl (C=O) groups is 1. The molecule has 1 atom stereocenters. The molecule has 0 aliphatic carbocycles. The number of esters is 1. The van der Waals surface area contributed by atoms with Crippen LogP contribution in [-0.4, -0.2) is 38.4 Å². The summed E-state index contributed by atoms with van der Waals surface area (Å²) in [6.07, 6.45) is 0. The zero-order valence-electron chi connectivity index (χ0n) is 10.4. The number of hydrogen-bond donors (Lipinski definition) is 1. The van der Waals surface area contributed by atoms with Crippen molar-refractivity contribution in [2.24, 2.45) is 5.92 Å². The van der Waals surface area contributed by atoms with E-state index in [1.54, 1.807) is 7.11 Å². The van der Waals surface area contributed by atoms with Gasteiger partial charge in [0.05, 0.1) is 19.1 Å². The molecule has 0 rings (SSSR count). The monoisotopic (exact) mass is 217 g/mol. The third kappa shape index (κ3) is 6.47. The van der Waals surface area contributed by atoms with Crippen LogP contribution in [0.25, 0.3) is 0 Å². The Labute approximate surface area is 92.3 Å². The van der Waals surface area contributed by atoms with Crippen LogP contribution in [0.5, 0.6) is 0 Å². The lowest BCUT2D eigenvalue weighted by Gasteiger charge is -2.26. The van der Waals surface area contributed by atoms with Crippen LogP contribution < -0.4 is 5.32 Å². The fourth-order valence-electron chi connectivity index (χ4n) is 1.21.